The number of aromatic nitrogens is 1. The van der Waals surface area contributed by atoms with Gasteiger partial charge in [0.15, 0.2) is 0 Å². The summed E-state index contributed by atoms with van der Waals surface area (Å²) in [4.78, 5) is 10.7. The molecule has 5 rings (SSSR count). The third kappa shape index (κ3) is 5.31. The van der Waals surface area contributed by atoms with E-state index in [9.17, 15) is 9.18 Å². The number of aliphatic carboxylic acids is 1. The molecule has 1 N–H and O–H groups in total. The van der Waals surface area contributed by atoms with Gasteiger partial charge in [-0.15, -0.1) is 0 Å². The molecule has 0 spiro atoms. The molecule has 1 aromatic heterocycles. The van der Waals surface area contributed by atoms with Gasteiger partial charge in [0.25, 0.3) is 0 Å². The Kier molecular flexibility index (Phi) is 6.80. The highest BCUT2D eigenvalue weighted by atomic mass is 19.1. The van der Waals surface area contributed by atoms with E-state index in [1.165, 1.54) is 33.8 Å². The van der Waals surface area contributed by atoms with Gasteiger partial charge in [-0.05, 0) is 46.9 Å². The monoisotopic (exact) mass is 479 g/mol. The lowest BCUT2D eigenvalue weighted by Gasteiger charge is -2.12. The molecule has 0 unspecified atom stereocenters. The van der Waals surface area contributed by atoms with Gasteiger partial charge in [0.1, 0.15) is 18.2 Å². The summed E-state index contributed by atoms with van der Waals surface area (Å²) in [7, 11) is 0. The largest absolute Gasteiger partial charge is 0.489 e. The fraction of sp³-hybridized carbons (Fsp3) is 0.129. The molecule has 0 radical (unpaired) electrons. The van der Waals surface area contributed by atoms with Crippen molar-refractivity contribution in [1.29, 1.82) is 0 Å². The second-order valence-electron chi connectivity index (χ2n) is 8.79. The Labute approximate surface area is 209 Å². The smallest absolute Gasteiger partial charge is 0.303 e. The number of para-hydroxylation sites is 1. The molecule has 0 saturated heterocycles. The molecule has 0 aliphatic rings. The Morgan fingerprint density at radius 3 is 2.31 bits per heavy atom. The summed E-state index contributed by atoms with van der Waals surface area (Å²) in [5, 5.41) is 10.00. The fourth-order valence-electron chi connectivity index (χ4n) is 4.38. The molecule has 0 amide bonds. The number of carboxylic acids is 1. The van der Waals surface area contributed by atoms with Crippen LogP contribution in [0.3, 0.4) is 0 Å². The maximum absolute atomic E-state index is 14.3. The van der Waals surface area contributed by atoms with Crippen LogP contribution >= 0.6 is 0 Å². The van der Waals surface area contributed by atoms with Gasteiger partial charge in [-0.25, -0.2) is 4.39 Å². The molecular weight excluding hydrogens is 453 g/mol. The maximum atomic E-state index is 14.3. The second-order valence-corrected chi connectivity index (χ2v) is 8.79. The quantitative estimate of drug-likeness (QED) is 0.245. The van der Waals surface area contributed by atoms with Crippen LogP contribution in [0.25, 0.3) is 22.2 Å². The highest BCUT2D eigenvalue weighted by molar-refractivity contribution is 5.87. The first-order valence-corrected chi connectivity index (χ1v) is 11.9. The molecule has 0 bridgehead atoms. The van der Waals surface area contributed by atoms with Gasteiger partial charge < -0.3 is 14.4 Å². The Bertz CT molecular complexity index is 1490. The number of hydrogen-bond acceptors (Lipinski definition) is 2. The molecule has 0 atom stereocenters. The molecule has 4 nitrogen and oxygen atoms in total. The van der Waals surface area contributed by atoms with Crippen molar-refractivity contribution in [2.75, 3.05) is 0 Å². The van der Waals surface area contributed by atoms with E-state index in [0.717, 1.165) is 12.1 Å². The molecule has 0 aliphatic heterocycles. The minimum absolute atomic E-state index is 0.102. The van der Waals surface area contributed by atoms with Crippen molar-refractivity contribution in [3.8, 4) is 17.0 Å². The zero-order chi connectivity index (χ0) is 24.9. The van der Waals surface area contributed by atoms with Gasteiger partial charge >= 0.3 is 5.97 Å². The number of halogens is 1. The van der Waals surface area contributed by atoms with Gasteiger partial charge in [0, 0.05) is 35.6 Å². The van der Waals surface area contributed by atoms with Gasteiger partial charge in [0.05, 0.1) is 0 Å². The van der Waals surface area contributed by atoms with Crippen molar-refractivity contribution in [2.24, 2.45) is 0 Å². The predicted molar refractivity (Wildman–Crippen MR) is 140 cm³/mol. The minimum atomic E-state index is -0.945. The average Bonchev–Trinajstić information content (AvgIpc) is 3.26. The van der Waals surface area contributed by atoms with Crippen molar-refractivity contribution in [3.05, 3.63) is 126 Å². The van der Waals surface area contributed by atoms with E-state index in [2.05, 4.69) is 71.3 Å². The van der Waals surface area contributed by atoms with E-state index in [4.69, 9.17) is 9.84 Å². The topological polar surface area (TPSA) is 51.5 Å². The van der Waals surface area contributed by atoms with E-state index < -0.39 is 11.8 Å². The normalized spacial score (nSPS) is 11.0. The summed E-state index contributed by atoms with van der Waals surface area (Å²) in [6, 6.07) is 33.9. The second kappa shape index (κ2) is 10.5. The standard InChI is InChI=1S/C31H26FNO3/c32-28-19-27(16-14-24(28)15-17-31(34)35)36-21-23-12-10-22(11-13-23)20-33-29-9-5-4-8-26(29)18-30(33)25-6-2-1-3-7-25/h1-14,16,18-19H,15,17,20-21H2,(H,34,35). The van der Waals surface area contributed by atoms with Gasteiger partial charge in [-0.1, -0.05) is 78.9 Å². The lowest BCUT2D eigenvalue weighted by atomic mass is 10.1. The average molecular weight is 480 g/mol. The molecule has 1 heterocycles. The summed E-state index contributed by atoms with van der Waals surface area (Å²) in [5.41, 5.74) is 6.08. The SMILES string of the molecule is O=C(O)CCc1ccc(OCc2ccc(Cn3c(-c4ccccc4)cc4ccccc43)cc2)cc1F. The van der Waals surface area contributed by atoms with E-state index in [0.29, 0.717) is 17.9 Å². The molecular formula is C31H26FNO3. The summed E-state index contributed by atoms with van der Waals surface area (Å²) < 4.78 is 22.4. The zero-order valence-corrected chi connectivity index (χ0v) is 19.7. The number of hydrogen-bond donors (Lipinski definition) is 1. The Balaban J connectivity index is 1.29. The number of carbonyl (C=O) groups is 1. The number of aryl methyl sites for hydroxylation is 1. The van der Waals surface area contributed by atoms with Crippen LogP contribution in [0.5, 0.6) is 5.75 Å². The molecule has 180 valence electrons. The molecule has 36 heavy (non-hydrogen) atoms. The van der Waals surface area contributed by atoms with Crippen molar-refractivity contribution in [3.63, 3.8) is 0 Å². The fourth-order valence-corrected chi connectivity index (χ4v) is 4.38. The Morgan fingerprint density at radius 1 is 0.833 bits per heavy atom. The van der Waals surface area contributed by atoms with Crippen LogP contribution in [-0.4, -0.2) is 15.6 Å². The van der Waals surface area contributed by atoms with Crippen molar-refractivity contribution in [2.45, 2.75) is 26.0 Å². The first kappa shape index (κ1) is 23.4. The van der Waals surface area contributed by atoms with Crippen molar-refractivity contribution >= 4 is 16.9 Å². The van der Waals surface area contributed by atoms with Crippen LogP contribution in [0.1, 0.15) is 23.1 Å². The first-order valence-electron chi connectivity index (χ1n) is 11.9. The molecule has 5 heteroatoms. The zero-order valence-electron chi connectivity index (χ0n) is 19.7. The highest BCUT2D eigenvalue weighted by Crippen LogP contribution is 2.29. The van der Waals surface area contributed by atoms with Gasteiger partial charge in [0.2, 0.25) is 0 Å². The Hall–Kier alpha value is -4.38. The Morgan fingerprint density at radius 2 is 1.56 bits per heavy atom. The molecule has 0 fully saturated rings. The number of nitrogens with zero attached hydrogens (tertiary/aromatic N) is 1. The van der Waals surface area contributed by atoms with E-state index in [1.807, 2.05) is 18.2 Å². The third-order valence-corrected chi connectivity index (χ3v) is 6.28. The molecule has 0 aliphatic carbocycles. The van der Waals surface area contributed by atoms with Gasteiger partial charge in [-0.3, -0.25) is 4.79 Å². The first-order chi connectivity index (χ1) is 17.6. The predicted octanol–water partition coefficient (Wildman–Crippen LogP) is 7.09. The summed E-state index contributed by atoms with van der Waals surface area (Å²) >= 11 is 0. The van der Waals surface area contributed by atoms with Crippen LogP contribution in [0.4, 0.5) is 4.39 Å². The highest BCUT2D eigenvalue weighted by Gasteiger charge is 2.11. The van der Waals surface area contributed by atoms with E-state index >= 15 is 0 Å². The summed E-state index contributed by atoms with van der Waals surface area (Å²) in [5.74, 6) is -0.973. The third-order valence-electron chi connectivity index (χ3n) is 6.28. The minimum Gasteiger partial charge on any atom is -0.489 e. The lowest BCUT2D eigenvalue weighted by Crippen LogP contribution is -2.03. The van der Waals surface area contributed by atoms with Crippen LogP contribution in [0.2, 0.25) is 0 Å². The molecule has 0 saturated carbocycles. The van der Waals surface area contributed by atoms with Crippen LogP contribution in [-0.2, 0) is 24.4 Å². The number of benzene rings is 4. The summed E-state index contributed by atoms with van der Waals surface area (Å²) in [6.07, 6.45) is 0.0562. The lowest BCUT2D eigenvalue weighted by molar-refractivity contribution is -0.136. The van der Waals surface area contributed by atoms with Gasteiger partial charge in [-0.2, -0.15) is 0 Å². The number of ether oxygens (including phenoxy) is 1. The number of fused-ring (bicyclic) bond motifs is 1. The molecule has 5 aromatic rings. The van der Waals surface area contributed by atoms with E-state index in [1.54, 1.807) is 12.1 Å². The van der Waals surface area contributed by atoms with Crippen LogP contribution in [0, 0.1) is 5.82 Å². The number of carboxylic acid groups (broad SMARTS) is 1. The summed E-state index contributed by atoms with van der Waals surface area (Å²) in [6.45, 7) is 1.05. The van der Waals surface area contributed by atoms with Crippen LogP contribution in [0.15, 0.2) is 103 Å². The van der Waals surface area contributed by atoms with Crippen molar-refractivity contribution < 1.29 is 19.0 Å². The van der Waals surface area contributed by atoms with E-state index in [-0.39, 0.29) is 12.8 Å². The molecule has 4 aromatic carbocycles. The number of rotatable bonds is 9. The maximum Gasteiger partial charge on any atom is 0.303 e. The van der Waals surface area contributed by atoms with Crippen molar-refractivity contribution in [1.82, 2.24) is 4.57 Å². The van der Waals surface area contributed by atoms with Crippen LogP contribution < -0.4 is 4.74 Å².